The Kier molecular flexibility index (Phi) is 4.43. The molecule has 5 heteroatoms. The number of likely N-dealkylation sites (tertiary alicyclic amines) is 1. The topological polar surface area (TPSA) is 58.4 Å². The molecule has 1 amide bonds. The largest absolute Gasteiger partial charge is 0.396 e. The summed E-state index contributed by atoms with van der Waals surface area (Å²) in [5.74, 6) is 0.401. The maximum atomic E-state index is 12.5. The van der Waals surface area contributed by atoms with Gasteiger partial charge in [-0.2, -0.15) is 0 Å². The molecule has 1 saturated heterocycles. The Morgan fingerprint density at radius 2 is 2.18 bits per heavy atom. The van der Waals surface area contributed by atoms with Crippen LogP contribution >= 0.6 is 0 Å². The Bertz CT molecular complexity index is 652. The number of rotatable bonds is 4. The maximum absolute atomic E-state index is 12.5. The molecule has 0 saturated carbocycles. The average Bonchev–Trinajstić information content (AvgIpc) is 2.96. The number of hydrogen-bond acceptors (Lipinski definition) is 3. The number of imidazole rings is 1. The monoisotopic (exact) mass is 301 g/mol. The Morgan fingerprint density at radius 1 is 1.36 bits per heavy atom. The molecular weight excluding hydrogens is 278 g/mol. The molecule has 0 aliphatic carbocycles. The number of aliphatic hydroxyl groups excluding tert-OH is 1. The van der Waals surface area contributed by atoms with Gasteiger partial charge in [0.25, 0.3) is 0 Å². The fourth-order valence-electron chi connectivity index (χ4n) is 3.23. The summed E-state index contributed by atoms with van der Waals surface area (Å²) in [5, 5.41) is 9.32. The van der Waals surface area contributed by atoms with E-state index in [2.05, 4.69) is 11.9 Å². The van der Waals surface area contributed by atoms with E-state index in [0.717, 1.165) is 23.9 Å². The minimum Gasteiger partial charge on any atom is -0.396 e. The summed E-state index contributed by atoms with van der Waals surface area (Å²) in [6.07, 6.45) is 4.26. The third kappa shape index (κ3) is 2.99. The SMILES string of the molecule is CC1CCC(CO)CN1C(=O)CCn1cnc2ccccc21. The van der Waals surface area contributed by atoms with Gasteiger partial charge in [0.2, 0.25) is 5.91 Å². The molecule has 1 N–H and O–H groups in total. The number of aromatic nitrogens is 2. The van der Waals surface area contributed by atoms with E-state index in [1.54, 1.807) is 6.33 Å². The van der Waals surface area contributed by atoms with Gasteiger partial charge in [0.15, 0.2) is 0 Å². The number of nitrogens with zero attached hydrogens (tertiary/aromatic N) is 3. The molecule has 0 spiro atoms. The third-order valence-corrected chi connectivity index (χ3v) is 4.65. The first-order valence-electron chi connectivity index (χ1n) is 7.99. The number of piperidine rings is 1. The first-order valence-corrected chi connectivity index (χ1v) is 7.99. The maximum Gasteiger partial charge on any atom is 0.224 e. The molecule has 2 unspecified atom stereocenters. The molecule has 5 nitrogen and oxygen atoms in total. The van der Waals surface area contributed by atoms with Crippen LogP contribution in [0.15, 0.2) is 30.6 Å². The van der Waals surface area contributed by atoms with Crippen LogP contribution in [0.1, 0.15) is 26.2 Å². The Morgan fingerprint density at radius 3 is 3.00 bits per heavy atom. The molecular formula is C17H23N3O2. The van der Waals surface area contributed by atoms with Crippen molar-refractivity contribution in [3.05, 3.63) is 30.6 Å². The second-order valence-electron chi connectivity index (χ2n) is 6.20. The van der Waals surface area contributed by atoms with Crippen LogP contribution in [0.5, 0.6) is 0 Å². The number of para-hydroxylation sites is 2. The zero-order valence-electron chi connectivity index (χ0n) is 13.0. The lowest BCUT2D eigenvalue weighted by Crippen LogP contribution is -2.46. The molecule has 1 aromatic heterocycles. The molecule has 1 aromatic carbocycles. The number of carbonyl (C=O) groups is 1. The van der Waals surface area contributed by atoms with Crippen LogP contribution < -0.4 is 0 Å². The van der Waals surface area contributed by atoms with Gasteiger partial charge < -0.3 is 14.6 Å². The first-order chi connectivity index (χ1) is 10.7. The van der Waals surface area contributed by atoms with Gasteiger partial charge in [0.05, 0.1) is 17.4 Å². The number of hydrogen-bond donors (Lipinski definition) is 1. The second-order valence-corrected chi connectivity index (χ2v) is 6.20. The number of amides is 1. The number of aryl methyl sites for hydroxylation is 1. The van der Waals surface area contributed by atoms with E-state index in [-0.39, 0.29) is 24.5 Å². The highest BCUT2D eigenvalue weighted by Gasteiger charge is 2.28. The van der Waals surface area contributed by atoms with Crippen LogP contribution in [0.2, 0.25) is 0 Å². The van der Waals surface area contributed by atoms with Crippen molar-refractivity contribution in [2.45, 2.75) is 38.8 Å². The van der Waals surface area contributed by atoms with Gasteiger partial charge in [-0.1, -0.05) is 12.1 Å². The number of fused-ring (bicyclic) bond motifs is 1. The van der Waals surface area contributed by atoms with Crippen molar-refractivity contribution in [2.24, 2.45) is 5.92 Å². The number of carbonyl (C=O) groups excluding carboxylic acids is 1. The predicted molar refractivity (Wildman–Crippen MR) is 85.3 cm³/mol. The van der Waals surface area contributed by atoms with Crippen molar-refractivity contribution in [3.63, 3.8) is 0 Å². The normalized spacial score (nSPS) is 22.2. The Labute approximate surface area is 130 Å². The standard InChI is InChI=1S/C17H23N3O2/c1-13-6-7-14(11-21)10-20(13)17(22)8-9-19-12-18-15-4-2-3-5-16(15)19/h2-5,12-14,21H,6-11H2,1H3. The highest BCUT2D eigenvalue weighted by molar-refractivity contribution is 5.78. The summed E-state index contributed by atoms with van der Waals surface area (Å²) in [7, 11) is 0. The summed E-state index contributed by atoms with van der Waals surface area (Å²) in [4.78, 5) is 18.8. The van der Waals surface area contributed by atoms with Crippen LogP contribution in [-0.2, 0) is 11.3 Å². The fourth-order valence-corrected chi connectivity index (χ4v) is 3.23. The quantitative estimate of drug-likeness (QED) is 0.940. The second kappa shape index (κ2) is 6.48. The minimum atomic E-state index is 0.169. The van der Waals surface area contributed by atoms with E-state index in [4.69, 9.17) is 0 Å². The number of aliphatic hydroxyl groups is 1. The molecule has 1 aliphatic heterocycles. The molecule has 22 heavy (non-hydrogen) atoms. The van der Waals surface area contributed by atoms with E-state index in [9.17, 15) is 9.90 Å². The highest BCUT2D eigenvalue weighted by Crippen LogP contribution is 2.22. The van der Waals surface area contributed by atoms with Crippen LogP contribution in [0.25, 0.3) is 11.0 Å². The number of benzene rings is 1. The highest BCUT2D eigenvalue weighted by atomic mass is 16.3. The van der Waals surface area contributed by atoms with Crippen molar-refractivity contribution in [1.82, 2.24) is 14.5 Å². The average molecular weight is 301 g/mol. The van der Waals surface area contributed by atoms with E-state index < -0.39 is 0 Å². The van der Waals surface area contributed by atoms with E-state index in [1.165, 1.54) is 0 Å². The van der Waals surface area contributed by atoms with Gasteiger partial charge in [-0.25, -0.2) is 4.98 Å². The zero-order valence-corrected chi connectivity index (χ0v) is 13.0. The summed E-state index contributed by atoms with van der Waals surface area (Å²) in [5.41, 5.74) is 2.02. The molecule has 118 valence electrons. The van der Waals surface area contributed by atoms with Gasteiger partial charge in [0, 0.05) is 32.2 Å². The van der Waals surface area contributed by atoms with Crippen LogP contribution in [0.3, 0.4) is 0 Å². The van der Waals surface area contributed by atoms with Gasteiger partial charge in [-0.3, -0.25) is 4.79 Å². The Hall–Kier alpha value is -1.88. The molecule has 1 aliphatic rings. The van der Waals surface area contributed by atoms with Gasteiger partial charge in [-0.05, 0) is 37.8 Å². The van der Waals surface area contributed by atoms with Crippen molar-refractivity contribution in [2.75, 3.05) is 13.2 Å². The summed E-state index contributed by atoms with van der Waals surface area (Å²) in [6, 6.07) is 8.23. The molecule has 3 rings (SSSR count). The summed E-state index contributed by atoms with van der Waals surface area (Å²) in [6.45, 7) is 3.59. The molecule has 1 fully saturated rings. The zero-order chi connectivity index (χ0) is 15.5. The first kappa shape index (κ1) is 15.0. The van der Waals surface area contributed by atoms with Gasteiger partial charge >= 0.3 is 0 Å². The fraction of sp³-hybridized carbons (Fsp3) is 0.529. The molecule has 2 heterocycles. The lowest BCUT2D eigenvalue weighted by Gasteiger charge is -2.37. The predicted octanol–water partition coefficient (Wildman–Crippen LogP) is 2.05. The molecule has 2 aromatic rings. The Balaban J connectivity index is 1.64. The lowest BCUT2D eigenvalue weighted by atomic mass is 9.94. The van der Waals surface area contributed by atoms with Crippen LogP contribution in [-0.4, -0.2) is 44.7 Å². The summed E-state index contributed by atoms with van der Waals surface area (Å²) < 4.78 is 2.03. The van der Waals surface area contributed by atoms with Gasteiger partial charge in [-0.15, -0.1) is 0 Å². The van der Waals surface area contributed by atoms with Crippen LogP contribution in [0, 0.1) is 5.92 Å². The van der Waals surface area contributed by atoms with Crippen molar-refractivity contribution < 1.29 is 9.90 Å². The van der Waals surface area contributed by atoms with Crippen molar-refractivity contribution >= 4 is 16.9 Å². The summed E-state index contributed by atoms with van der Waals surface area (Å²) >= 11 is 0. The van der Waals surface area contributed by atoms with E-state index in [0.29, 0.717) is 19.5 Å². The molecule has 2 atom stereocenters. The minimum absolute atomic E-state index is 0.169. The third-order valence-electron chi connectivity index (χ3n) is 4.65. The van der Waals surface area contributed by atoms with E-state index >= 15 is 0 Å². The lowest BCUT2D eigenvalue weighted by molar-refractivity contribution is -0.136. The van der Waals surface area contributed by atoms with E-state index in [1.807, 2.05) is 33.7 Å². The van der Waals surface area contributed by atoms with Gasteiger partial charge in [0.1, 0.15) is 0 Å². The molecule has 0 radical (unpaired) electrons. The molecule has 0 bridgehead atoms. The van der Waals surface area contributed by atoms with Crippen LogP contribution in [0.4, 0.5) is 0 Å². The van der Waals surface area contributed by atoms with Crippen molar-refractivity contribution in [1.29, 1.82) is 0 Å². The van der Waals surface area contributed by atoms with Crippen molar-refractivity contribution in [3.8, 4) is 0 Å². The smallest absolute Gasteiger partial charge is 0.224 e.